The Labute approximate surface area is 893 Å². The van der Waals surface area contributed by atoms with Gasteiger partial charge in [0, 0.05) is 72.0 Å². The summed E-state index contributed by atoms with van der Waals surface area (Å²) in [6.07, 6.45) is 15.1. The molecular formula is C136H177N2O2P6+. The number of benzene rings is 13. The van der Waals surface area contributed by atoms with Crippen LogP contribution in [0.25, 0.3) is 39.1 Å². The molecule has 3 aliphatic rings. The maximum Gasteiger partial charge on any atom is 0.139 e. The van der Waals surface area contributed by atoms with Gasteiger partial charge in [-0.05, 0) is 324 Å². The third kappa shape index (κ3) is 29.4. The minimum absolute atomic E-state index is 0.0246. The number of hydrogen-bond acceptors (Lipinski definition) is 3. The zero-order valence-electron chi connectivity index (χ0n) is 95.5. The lowest BCUT2D eigenvalue weighted by molar-refractivity contribution is 0.369. The summed E-state index contributed by atoms with van der Waals surface area (Å²) in [6, 6.07) is 113. The predicted octanol–water partition coefficient (Wildman–Crippen LogP) is 35.6. The van der Waals surface area contributed by atoms with Gasteiger partial charge in [-0.2, -0.15) is 0 Å². The fraction of sp³-hybridized carbons (Fsp3) is 0.397. The molecule has 0 saturated carbocycles. The number of aromatic nitrogens is 1. The van der Waals surface area contributed by atoms with Crippen LogP contribution in [-0.2, 0) is 31.1 Å². The van der Waals surface area contributed by atoms with Gasteiger partial charge in [-0.1, -0.05) is 454 Å². The van der Waals surface area contributed by atoms with E-state index in [9.17, 15) is 0 Å². The number of aryl methyl sites for hydroxylation is 8. The van der Waals surface area contributed by atoms with Crippen molar-refractivity contribution in [1.82, 2.24) is 9.88 Å². The quantitative estimate of drug-likeness (QED) is 0.0610. The first-order valence-electron chi connectivity index (χ1n) is 53.8. The second-order valence-electron chi connectivity index (χ2n) is 49.0. The first kappa shape index (κ1) is 116. The van der Waals surface area contributed by atoms with Crippen molar-refractivity contribution in [3.8, 4) is 56.3 Å². The van der Waals surface area contributed by atoms with E-state index in [4.69, 9.17) is 9.47 Å². The normalized spacial score (nSPS) is 13.8. The molecule has 1 N–H and O–H groups in total. The van der Waals surface area contributed by atoms with Gasteiger partial charge in [0.25, 0.3) is 0 Å². The van der Waals surface area contributed by atoms with Crippen molar-refractivity contribution in [2.45, 2.75) is 301 Å². The van der Waals surface area contributed by atoms with E-state index in [1.807, 2.05) is 12.1 Å². The van der Waals surface area contributed by atoms with E-state index in [0.29, 0.717) is 15.7 Å². The number of rotatable bonds is 20. The van der Waals surface area contributed by atoms with Crippen molar-refractivity contribution in [3.05, 3.63) is 382 Å². The van der Waals surface area contributed by atoms with Crippen LogP contribution in [0.1, 0.15) is 258 Å². The zero-order chi connectivity index (χ0) is 106. The third-order valence-electron chi connectivity index (χ3n) is 29.0. The molecule has 0 amide bonds. The van der Waals surface area contributed by atoms with Gasteiger partial charge in [-0.15, -0.1) is 0 Å². The minimum Gasteiger partial charge on any atom is -0.496 e. The molecule has 1 unspecified atom stereocenters. The lowest BCUT2D eigenvalue weighted by atomic mass is 9.75. The molecule has 4 nitrogen and oxygen atoms in total. The van der Waals surface area contributed by atoms with Gasteiger partial charge in [0.15, 0.2) is 0 Å². The van der Waals surface area contributed by atoms with Crippen LogP contribution in [0, 0.1) is 47.0 Å². The molecule has 1 atom stereocenters. The fourth-order valence-corrected chi connectivity index (χ4v) is 43.5. The molecule has 0 spiro atoms. The maximum absolute atomic E-state index is 6.66. The van der Waals surface area contributed by atoms with Gasteiger partial charge in [0.05, 0.1) is 12.8 Å². The van der Waals surface area contributed by atoms with Gasteiger partial charge >= 0.3 is 0 Å². The molecule has 13 aromatic carbocycles. The van der Waals surface area contributed by atoms with E-state index in [1.165, 1.54) is 203 Å². The van der Waals surface area contributed by atoms with Crippen molar-refractivity contribution in [3.63, 3.8) is 0 Å². The molecule has 2 aliphatic carbocycles. The standard InChI is InChI=1S/C33H33P.C25H21P.C24H33OP.C20H46NP2.C19H28NP.C15H16O/c1-24-30-19-11-10-12-25(30)20-21-31(24)32-22-26-13-8-9-14-27(26)23-33(32)34(28-15-4-2-5-16-28)29-17-6-3-7-18-29;1-20-12-8-9-17-23(20)24-18-10-11-19-25(24)26(21-13-4-2-5-14-21)22-15-6-3-7-16-22;1-16-12-10-13-17-20(16)25-21-18(24(17,8)9)14-11-15-19(21)26(22(2,3)4)23(5,6)7;1-18(2,3)17(23(10,11)12)13-14-21-15-16-22(19(4,5)6)20(7,8)9;1-15-11-8-9-12-16(15)20-14-10-13-17(20)21(18(2,3)4)19(5,6)7;1-11-7-4-5-9-13(11)15-12(2)8-6-10-14(15)16-3/h2-7,15-18,20-23H,8-14,19H2,1H3;2-19H,1H3;10-15H,1-9H3;17,21H,13-16H2,1-12H3;8-14H,1-7H3;4-10H,1-3H3/q;;;+1;;. The Morgan fingerprint density at radius 3 is 1.28 bits per heavy atom. The monoisotopic (exact) mass is 2060 g/mol. The largest absolute Gasteiger partial charge is 0.496 e. The molecule has 1 aliphatic heterocycles. The molecule has 2 heterocycles. The van der Waals surface area contributed by atoms with Crippen molar-refractivity contribution >= 4 is 89.4 Å². The average Bonchev–Trinajstić information content (AvgIpc) is 0.929. The summed E-state index contributed by atoms with van der Waals surface area (Å²) in [6.45, 7) is 77.9. The highest BCUT2D eigenvalue weighted by atomic mass is 31.2. The lowest BCUT2D eigenvalue weighted by Gasteiger charge is -2.44. The van der Waals surface area contributed by atoms with E-state index in [-0.39, 0.29) is 41.9 Å². The van der Waals surface area contributed by atoms with Crippen molar-refractivity contribution in [2.24, 2.45) is 5.41 Å². The van der Waals surface area contributed by atoms with E-state index in [1.54, 1.807) is 29.4 Å². The van der Waals surface area contributed by atoms with Crippen LogP contribution in [0.2, 0.25) is 0 Å². The number of nitrogens with zero attached hydrogens (tertiary/aromatic N) is 1. The van der Waals surface area contributed by atoms with Crippen molar-refractivity contribution in [1.29, 1.82) is 0 Å². The summed E-state index contributed by atoms with van der Waals surface area (Å²) in [5, 5.41) is 15.6. The van der Waals surface area contributed by atoms with E-state index < -0.39 is 31.0 Å². The predicted molar refractivity (Wildman–Crippen MR) is 661 cm³/mol. The molecule has 0 bridgehead atoms. The number of nitrogens with one attached hydrogen (secondary N) is 1. The van der Waals surface area contributed by atoms with E-state index in [0.717, 1.165) is 22.9 Å². The Morgan fingerprint density at radius 2 is 0.788 bits per heavy atom. The van der Waals surface area contributed by atoms with Crippen molar-refractivity contribution in [2.75, 3.05) is 46.4 Å². The van der Waals surface area contributed by atoms with Crippen LogP contribution in [0.15, 0.2) is 316 Å². The third-order valence-corrected chi connectivity index (χ3v) is 47.8. The molecule has 0 radical (unpaired) electrons. The van der Waals surface area contributed by atoms with Crippen LogP contribution in [0.3, 0.4) is 0 Å². The van der Waals surface area contributed by atoms with Gasteiger partial charge in [-0.25, -0.2) is 0 Å². The van der Waals surface area contributed by atoms with Crippen molar-refractivity contribution < 1.29 is 9.47 Å². The van der Waals surface area contributed by atoms with Gasteiger partial charge in [0.1, 0.15) is 17.2 Å². The van der Waals surface area contributed by atoms with Crippen LogP contribution in [0.4, 0.5) is 0 Å². The van der Waals surface area contributed by atoms with Crippen LogP contribution >= 0.6 is 46.9 Å². The number of ether oxygens (including phenoxy) is 2. The Hall–Kier alpha value is -8.72. The number of para-hydroxylation sites is 3. The molecule has 14 aromatic rings. The summed E-state index contributed by atoms with van der Waals surface area (Å²) in [5.74, 6) is 3.10. The highest BCUT2D eigenvalue weighted by Crippen LogP contribution is 2.64. The van der Waals surface area contributed by atoms with Crippen LogP contribution < -0.4 is 57.4 Å². The van der Waals surface area contributed by atoms with E-state index in [2.05, 4.69) is 534 Å². The average molecular weight is 2060 g/mol. The fourth-order valence-electron chi connectivity index (χ4n) is 23.5. The molecule has 17 rings (SSSR count). The lowest BCUT2D eigenvalue weighted by Crippen LogP contribution is -2.34. The molecule has 0 fully saturated rings. The summed E-state index contributed by atoms with van der Waals surface area (Å²) >= 11 is 0. The maximum atomic E-state index is 6.66. The summed E-state index contributed by atoms with van der Waals surface area (Å²) in [5.41, 5.74) is 28.9. The molecule has 1 aromatic heterocycles. The first-order valence-corrected chi connectivity index (χ1v) is 63.9. The number of fused-ring (bicyclic) bond motifs is 4. The van der Waals surface area contributed by atoms with Gasteiger partial charge < -0.3 is 19.4 Å². The molecule has 10 heteroatoms. The summed E-state index contributed by atoms with van der Waals surface area (Å²) < 4.78 is 14.5. The first-order chi connectivity index (χ1) is 68.8. The van der Waals surface area contributed by atoms with E-state index >= 15 is 0 Å². The second kappa shape index (κ2) is 50.0. The molecule has 772 valence electrons. The van der Waals surface area contributed by atoms with Gasteiger partial charge in [0.2, 0.25) is 0 Å². The van der Waals surface area contributed by atoms with Crippen LogP contribution in [-0.4, -0.2) is 87.5 Å². The highest BCUT2D eigenvalue weighted by molar-refractivity contribution is 7.80. The summed E-state index contributed by atoms with van der Waals surface area (Å²) in [7, 11) is -1.01. The highest BCUT2D eigenvalue weighted by Gasteiger charge is 2.45. The SMILES string of the molecule is CC(C)(C)C(CCNCCP(C(C)(C)C)C(C)(C)C)[P+](C)(C)C.COc1cccc(C)c1-c1ccccc1C.Cc1c(-c2cc3c(cc2P(c2ccccc2)c2ccccc2)CCCC3)ccc2c1CCCC2.Cc1cccc2c1Oc1c(P(C(C)(C)C)C(C)(C)C)cccc1C2(C)C.Cc1ccccc1-c1ccccc1P(c1ccccc1)c1ccccc1.Cc1ccccc1-n1cccc1P(C(C)(C)C)C(C)(C)C. The topological polar surface area (TPSA) is 35.4 Å². The molecule has 146 heavy (non-hydrogen) atoms. The van der Waals surface area contributed by atoms with Crippen LogP contribution in [0.5, 0.6) is 17.2 Å². The minimum atomic E-state index is -0.804. The number of methoxy groups -OCH3 is 1. The number of hydrogen-bond donors (Lipinski definition) is 1. The Kier molecular flexibility index (Phi) is 39.7. The summed E-state index contributed by atoms with van der Waals surface area (Å²) in [4.78, 5) is 0. The Bertz CT molecular complexity index is 6400. The van der Waals surface area contributed by atoms with Gasteiger partial charge in [-0.3, -0.25) is 0 Å². The Morgan fingerprint density at radius 1 is 0.363 bits per heavy atom. The Balaban J connectivity index is 0.000000158. The smallest absolute Gasteiger partial charge is 0.139 e. The molecular weight excluding hydrogens is 1880 g/mol. The molecule has 0 saturated heterocycles. The second-order valence-corrected chi connectivity index (χ2v) is 69.8. The zero-order valence-corrected chi connectivity index (χ0v) is 101.